The van der Waals surface area contributed by atoms with Crippen LogP contribution in [0, 0.1) is 0 Å². The van der Waals surface area contributed by atoms with Crippen molar-refractivity contribution in [3.8, 4) is 65.4 Å². The molecule has 4 aromatic heterocycles. The van der Waals surface area contributed by atoms with Crippen LogP contribution in [0.3, 0.4) is 0 Å². The van der Waals surface area contributed by atoms with E-state index in [0.29, 0.717) is 0 Å². The summed E-state index contributed by atoms with van der Waals surface area (Å²) < 4.78 is 12.6. The summed E-state index contributed by atoms with van der Waals surface area (Å²) >= 11 is 1.82. The number of benzene rings is 11. The lowest BCUT2D eigenvalue weighted by molar-refractivity contribution is 0.660. The van der Waals surface area contributed by atoms with E-state index in [4.69, 9.17) is 18.8 Å². The molecule has 0 aliphatic heterocycles. The number of hydrogen-bond donors (Lipinski definition) is 0. The normalized spacial score (nSPS) is 14.2. The van der Waals surface area contributed by atoms with E-state index in [2.05, 4.69) is 210 Å². The zero-order valence-corrected chi connectivity index (χ0v) is 43.6. The first kappa shape index (κ1) is 43.1. The maximum absolute atomic E-state index is 6.30. The van der Waals surface area contributed by atoms with Crippen LogP contribution in [-0.2, 0) is 10.8 Å². The zero-order chi connectivity index (χ0) is 51.1. The summed E-state index contributed by atoms with van der Waals surface area (Å²) in [6.07, 6.45) is 0. The smallest absolute Gasteiger partial charge is 0.135 e. The average molecular weight is 1000 g/mol. The van der Waals surface area contributed by atoms with Crippen LogP contribution in [0.2, 0.25) is 0 Å². The number of rotatable bonds is 4. The molecule has 4 nitrogen and oxygen atoms in total. The highest BCUT2D eigenvalue weighted by Gasteiger charge is 2.37. The monoisotopic (exact) mass is 1000 g/mol. The predicted octanol–water partition coefficient (Wildman–Crippen LogP) is 20.2. The summed E-state index contributed by atoms with van der Waals surface area (Å²) in [6, 6.07) is 75.5. The maximum atomic E-state index is 6.30. The first-order valence-corrected chi connectivity index (χ1v) is 27.4. The Hall–Kier alpha value is -9.16. The van der Waals surface area contributed by atoms with Crippen LogP contribution in [0.15, 0.2) is 215 Å². The standard InChI is InChI=1S/C72H46N2O2S/c1-71(2)57-17-9-5-13-47(57)49-29-23-43(37-59(49)71)69-67-68(70(77-69)44-24-30-50-48-14-6-10-18-58(48)72(3,4)60(50)38-44)74-66-56-36-40(42-26-32-64-54(34-42)52-16-8-12-20-62(52)76-64)22-28-46(56)45-27-21-39(35-55(45)65(66)73-67)41-25-31-63-53(33-41)51-15-7-11-19-61(51)75-63/h5-38H,1-4H3. The first-order chi connectivity index (χ1) is 37.6. The Morgan fingerprint density at radius 3 is 1.12 bits per heavy atom. The Bertz CT molecular complexity index is 4800. The Morgan fingerprint density at radius 1 is 0.286 bits per heavy atom. The van der Waals surface area contributed by atoms with Crippen molar-refractivity contribution in [2.24, 2.45) is 0 Å². The Kier molecular flexibility index (Phi) is 8.54. The van der Waals surface area contributed by atoms with Gasteiger partial charge in [-0.15, -0.1) is 11.3 Å². The van der Waals surface area contributed by atoms with Gasteiger partial charge in [-0.3, -0.25) is 0 Å². The molecular formula is C72H46N2O2S. The van der Waals surface area contributed by atoms with Crippen molar-refractivity contribution in [2.75, 3.05) is 0 Å². The van der Waals surface area contributed by atoms with Gasteiger partial charge in [-0.25, -0.2) is 9.97 Å². The molecular weight excluding hydrogens is 957 g/mol. The third-order valence-corrected chi connectivity index (χ3v) is 18.7. The lowest BCUT2D eigenvalue weighted by atomic mass is 9.82. The number of furan rings is 2. The summed E-state index contributed by atoms with van der Waals surface area (Å²) in [5.74, 6) is 0. The minimum atomic E-state index is -0.166. The van der Waals surface area contributed by atoms with Gasteiger partial charge in [0.05, 0.1) is 20.8 Å². The van der Waals surface area contributed by atoms with Gasteiger partial charge in [-0.05, 0) is 149 Å². The molecule has 0 amide bonds. The summed E-state index contributed by atoms with van der Waals surface area (Å²) in [4.78, 5) is 14.2. The van der Waals surface area contributed by atoms with Crippen LogP contribution < -0.4 is 0 Å². The molecule has 5 heteroatoms. The lowest BCUT2D eigenvalue weighted by Gasteiger charge is -2.22. The van der Waals surface area contributed by atoms with Crippen LogP contribution in [0.5, 0.6) is 0 Å². The van der Waals surface area contributed by atoms with E-state index in [1.165, 1.54) is 44.5 Å². The first-order valence-electron chi connectivity index (χ1n) is 26.6. The van der Waals surface area contributed by atoms with Crippen molar-refractivity contribution in [1.82, 2.24) is 9.97 Å². The van der Waals surface area contributed by atoms with E-state index < -0.39 is 0 Å². The van der Waals surface area contributed by atoms with Gasteiger partial charge in [0.1, 0.15) is 33.4 Å². The number of hydrogen-bond acceptors (Lipinski definition) is 5. The molecule has 0 bridgehead atoms. The van der Waals surface area contributed by atoms with E-state index in [9.17, 15) is 0 Å². The third-order valence-electron chi connectivity index (χ3n) is 17.5. The van der Waals surface area contributed by atoms with Gasteiger partial charge in [-0.1, -0.05) is 173 Å². The molecule has 0 saturated carbocycles. The SMILES string of the molecule is CC1(C)c2ccccc2-c2ccc(-c3sc(-c4ccc5c(c4)C(C)(C)c4ccccc4-5)c4nc5c6cc(-c7ccc8oc9ccccc9c8c7)ccc6c6ccc(-c7ccc8oc9ccccc9c8c7)cc6c5nc34)cc21. The van der Waals surface area contributed by atoms with E-state index >= 15 is 0 Å². The topological polar surface area (TPSA) is 52.1 Å². The number of para-hydroxylation sites is 2. The molecule has 11 aromatic carbocycles. The van der Waals surface area contributed by atoms with Crippen LogP contribution >= 0.6 is 11.3 Å². The predicted molar refractivity (Wildman–Crippen MR) is 321 cm³/mol. The Morgan fingerprint density at radius 2 is 0.649 bits per heavy atom. The van der Waals surface area contributed by atoms with E-state index in [-0.39, 0.29) is 10.8 Å². The molecule has 0 fully saturated rings. The van der Waals surface area contributed by atoms with Crippen molar-refractivity contribution >= 4 is 98.8 Å². The van der Waals surface area contributed by atoms with Gasteiger partial charge in [0, 0.05) is 43.1 Å². The molecule has 0 N–H and O–H groups in total. The second-order valence-corrected chi connectivity index (χ2v) is 23.4. The molecule has 4 heterocycles. The third kappa shape index (κ3) is 5.98. The van der Waals surface area contributed by atoms with Gasteiger partial charge in [0.15, 0.2) is 0 Å². The Balaban J connectivity index is 0.952. The van der Waals surface area contributed by atoms with Gasteiger partial charge < -0.3 is 8.83 Å². The largest absolute Gasteiger partial charge is 0.456 e. The molecule has 2 aliphatic carbocycles. The van der Waals surface area contributed by atoms with Gasteiger partial charge in [0.2, 0.25) is 0 Å². The number of thiophene rings is 1. The van der Waals surface area contributed by atoms with Gasteiger partial charge >= 0.3 is 0 Å². The van der Waals surface area contributed by atoms with E-state index in [1.54, 1.807) is 0 Å². The van der Waals surface area contributed by atoms with Crippen LogP contribution in [0.25, 0.3) is 153 Å². The molecule has 0 radical (unpaired) electrons. The van der Waals surface area contributed by atoms with Crippen LogP contribution in [0.4, 0.5) is 0 Å². The zero-order valence-electron chi connectivity index (χ0n) is 42.7. The van der Waals surface area contributed by atoms with Crippen LogP contribution in [-0.4, -0.2) is 9.97 Å². The highest BCUT2D eigenvalue weighted by Crippen LogP contribution is 2.54. The summed E-state index contributed by atoms with van der Waals surface area (Å²) in [6.45, 7) is 9.45. The van der Waals surface area contributed by atoms with Crippen molar-refractivity contribution in [1.29, 1.82) is 0 Å². The molecule has 15 aromatic rings. The van der Waals surface area contributed by atoms with Crippen molar-refractivity contribution in [3.63, 3.8) is 0 Å². The number of fused-ring (bicyclic) bond motifs is 19. The summed E-state index contributed by atoms with van der Waals surface area (Å²) in [5.41, 5.74) is 24.2. The van der Waals surface area contributed by atoms with Gasteiger partial charge in [0.25, 0.3) is 0 Å². The molecule has 17 rings (SSSR count). The molecule has 362 valence electrons. The summed E-state index contributed by atoms with van der Waals surface area (Å²) in [5, 5.41) is 8.84. The van der Waals surface area contributed by atoms with Crippen LogP contribution in [0.1, 0.15) is 49.9 Å². The fourth-order valence-electron chi connectivity index (χ4n) is 13.5. The lowest BCUT2D eigenvalue weighted by Crippen LogP contribution is -2.14. The van der Waals surface area contributed by atoms with E-state index in [0.717, 1.165) is 131 Å². The van der Waals surface area contributed by atoms with Gasteiger partial charge in [-0.2, -0.15) is 0 Å². The minimum Gasteiger partial charge on any atom is -0.456 e. The minimum absolute atomic E-state index is 0.166. The second kappa shape index (κ2) is 15.2. The summed E-state index contributed by atoms with van der Waals surface area (Å²) in [7, 11) is 0. The second-order valence-electron chi connectivity index (χ2n) is 22.4. The molecule has 0 atom stereocenters. The number of aromatic nitrogens is 2. The molecule has 2 aliphatic rings. The molecule has 77 heavy (non-hydrogen) atoms. The number of nitrogens with zero attached hydrogens (tertiary/aromatic N) is 2. The van der Waals surface area contributed by atoms with Crippen molar-refractivity contribution < 1.29 is 8.83 Å². The fraction of sp³-hybridized carbons (Fsp3) is 0.0833. The average Bonchev–Trinajstić information content (AvgIpc) is 4.47. The van der Waals surface area contributed by atoms with E-state index in [1.807, 2.05) is 35.6 Å². The maximum Gasteiger partial charge on any atom is 0.135 e. The molecule has 0 saturated heterocycles. The van der Waals surface area contributed by atoms with Crippen molar-refractivity contribution in [2.45, 2.75) is 38.5 Å². The molecule has 0 unspecified atom stereocenters. The fourth-order valence-corrected chi connectivity index (χ4v) is 14.7. The van der Waals surface area contributed by atoms with Crippen molar-refractivity contribution in [3.05, 3.63) is 229 Å². The quantitative estimate of drug-likeness (QED) is 0.165. The highest BCUT2D eigenvalue weighted by atomic mass is 32.1. The Labute approximate surface area is 447 Å². The molecule has 0 spiro atoms. The highest BCUT2D eigenvalue weighted by molar-refractivity contribution is 7.20.